The monoisotopic (exact) mass is 244 g/mol. The van der Waals surface area contributed by atoms with Gasteiger partial charge in [0.25, 0.3) is 0 Å². The Hall–Kier alpha value is -1.88. The van der Waals surface area contributed by atoms with Crippen LogP contribution in [0.2, 0.25) is 0 Å². The van der Waals surface area contributed by atoms with Gasteiger partial charge >= 0.3 is 0 Å². The Morgan fingerprint density at radius 2 is 2.06 bits per heavy atom. The molecule has 1 saturated heterocycles. The molecule has 2 heterocycles. The highest BCUT2D eigenvalue weighted by molar-refractivity contribution is 5.21. The molecular formula is C13H16N4O. The van der Waals surface area contributed by atoms with E-state index in [1.807, 2.05) is 37.3 Å². The van der Waals surface area contributed by atoms with E-state index in [1.54, 1.807) is 0 Å². The number of rotatable bonds is 4. The molecule has 1 N–H and O–H groups in total. The summed E-state index contributed by atoms with van der Waals surface area (Å²) in [7, 11) is 0. The molecule has 1 aromatic heterocycles. The van der Waals surface area contributed by atoms with Crippen molar-refractivity contribution in [3.05, 3.63) is 42.0 Å². The van der Waals surface area contributed by atoms with Crippen molar-refractivity contribution < 1.29 is 4.74 Å². The van der Waals surface area contributed by atoms with E-state index in [2.05, 4.69) is 20.1 Å². The predicted molar refractivity (Wildman–Crippen MR) is 67.4 cm³/mol. The van der Waals surface area contributed by atoms with Crippen LogP contribution in [0.25, 0.3) is 0 Å². The second-order valence-electron chi connectivity index (χ2n) is 4.45. The maximum absolute atomic E-state index is 5.72. The molecule has 1 aliphatic rings. The number of nitrogens with zero attached hydrogens (tertiary/aromatic N) is 3. The molecule has 0 aliphatic carbocycles. The quantitative estimate of drug-likeness (QED) is 0.881. The number of hydrogen-bond acceptors (Lipinski definition) is 4. The van der Waals surface area contributed by atoms with E-state index >= 15 is 0 Å². The normalized spacial score (nSPS) is 15.4. The first-order valence-corrected chi connectivity index (χ1v) is 6.13. The SMILES string of the molecule is Cc1nnc(COc2ccccc2)n1C1CNC1. The lowest BCUT2D eigenvalue weighted by atomic mass is 10.2. The van der Waals surface area contributed by atoms with Gasteiger partial charge in [-0.2, -0.15) is 0 Å². The Kier molecular flexibility index (Phi) is 2.98. The highest BCUT2D eigenvalue weighted by Gasteiger charge is 2.24. The summed E-state index contributed by atoms with van der Waals surface area (Å²) in [6.07, 6.45) is 0. The highest BCUT2D eigenvalue weighted by Crippen LogP contribution is 2.18. The fraction of sp³-hybridized carbons (Fsp3) is 0.385. The van der Waals surface area contributed by atoms with Crippen LogP contribution in [0.3, 0.4) is 0 Å². The Morgan fingerprint density at radius 3 is 2.72 bits per heavy atom. The second-order valence-corrected chi connectivity index (χ2v) is 4.45. The number of hydrogen-bond donors (Lipinski definition) is 1. The van der Waals surface area contributed by atoms with E-state index in [0.29, 0.717) is 12.6 Å². The van der Waals surface area contributed by atoms with Crippen LogP contribution in [0, 0.1) is 6.92 Å². The summed E-state index contributed by atoms with van der Waals surface area (Å²) >= 11 is 0. The molecular weight excluding hydrogens is 228 g/mol. The van der Waals surface area contributed by atoms with Gasteiger partial charge in [-0.15, -0.1) is 10.2 Å². The predicted octanol–water partition coefficient (Wildman–Crippen LogP) is 1.31. The minimum absolute atomic E-state index is 0.460. The van der Waals surface area contributed by atoms with Crippen molar-refractivity contribution in [1.82, 2.24) is 20.1 Å². The summed E-state index contributed by atoms with van der Waals surface area (Å²) in [5.41, 5.74) is 0. The van der Waals surface area contributed by atoms with Crippen LogP contribution >= 0.6 is 0 Å². The van der Waals surface area contributed by atoms with E-state index in [4.69, 9.17) is 4.74 Å². The fourth-order valence-corrected chi connectivity index (χ4v) is 2.11. The molecule has 1 aliphatic heterocycles. The van der Waals surface area contributed by atoms with E-state index in [1.165, 1.54) is 0 Å². The van der Waals surface area contributed by atoms with Gasteiger partial charge in [-0.1, -0.05) is 18.2 Å². The summed E-state index contributed by atoms with van der Waals surface area (Å²) in [6, 6.07) is 10.2. The third kappa shape index (κ3) is 2.09. The van der Waals surface area contributed by atoms with Crippen molar-refractivity contribution in [2.75, 3.05) is 13.1 Å². The molecule has 1 fully saturated rings. The van der Waals surface area contributed by atoms with Gasteiger partial charge in [-0.05, 0) is 19.1 Å². The first-order chi connectivity index (χ1) is 8.84. The van der Waals surface area contributed by atoms with Gasteiger partial charge in [0.1, 0.15) is 18.2 Å². The molecule has 1 aromatic carbocycles. The van der Waals surface area contributed by atoms with Gasteiger partial charge in [0.05, 0.1) is 6.04 Å². The van der Waals surface area contributed by atoms with Crippen LogP contribution in [0.5, 0.6) is 5.75 Å². The molecule has 0 atom stereocenters. The molecule has 2 aromatic rings. The van der Waals surface area contributed by atoms with Crippen molar-refractivity contribution >= 4 is 0 Å². The lowest BCUT2D eigenvalue weighted by molar-refractivity contribution is 0.265. The average Bonchev–Trinajstić information content (AvgIpc) is 2.69. The minimum atomic E-state index is 0.460. The number of benzene rings is 1. The first-order valence-electron chi connectivity index (χ1n) is 6.13. The third-order valence-corrected chi connectivity index (χ3v) is 3.17. The van der Waals surface area contributed by atoms with Crippen LogP contribution in [0.15, 0.2) is 30.3 Å². The molecule has 0 bridgehead atoms. The Bertz CT molecular complexity index is 519. The standard InChI is InChI=1S/C13H16N4O/c1-10-15-16-13(17(10)11-7-14-8-11)9-18-12-5-3-2-4-6-12/h2-6,11,14H,7-9H2,1H3. The second kappa shape index (κ2) is 4.78. The summed E-state index contributed by atoms with van der Waals surface area (Å²) in [4.78, 5) is 0. The molecule has 0 saturated carbocycles. The molecule has 3 rings (SSSR count). The Balaban J connectivity index is 1.73. The van der Waals surface area contributed by atoms with Crippen molar-refractivity contribution in [3.63, 3.8) is 0 Å². The van der Waals surface area contributed by atoms with E-state index in [-0.39, 0.29) is 0 Å². The van der Waals surface area contributed by atoms with Crippen LogP contribution < -0.4 is 10.1 Å². The van der Waals surface area contributed by atoms with Crippen LogP contribution in [0.1, 0.15) is 17.7 Å². The van der Waals surface area contributed by atoms with Crippen molar-refractivity contribution in [2.45, 2.75) is 19.6 Å². The van der Waals surface area contributed by atoms with Gasteiger partial charge in [0, 0.05) is 13.1 Å². The third-order valence-electron chi connectivity index (χ3n) is 3.17. The van der Waals surface area contributed by atoms with Gasteiger partial charge in [-0.25, -0.2) is 0 Å². The Labute approximate surface area is 106 Å². The first kappa shape index (κ1) is 11.2. The van der Waals surface area contributed by atoms with E-state index in [0.717, 1.165) is 30.5 Å². The Morgan fingerprint density at radius 1 is 1.28 bits per heavy atom. The molecule has 5 heteroatoms. The highest BCUT2D eigenvalue weighted by atomic mass is 16.5. The van der Waals surface area contributed by atoms with Gasteiger partial charge in [0.15, 0.2) is 5.82 Å². The van der Waals surface area contributed by atoms with E-state index < -0.39 is 0 Å². The fourth-order valence-electron chi connectivity index (χ4n) is 2.11. The topological polar surface area (TPSA) is 52.0 Å². The maximum Gasteiger partial charge on any atom is 0.171 e. The molecule has 0 spiro atoms. The number of ether oxygens (including phenoxy) is 1. The molecule has 18 heavy (non-hydrogen) atoms. The zero-order valence-electron chi connectivity index (χ0n) is 10.3. The number of nitrogens with one attached hydrogen (secondary N) is 1. The zero-order valence-corrected chi connectivity index (χ0v) is 10.3. The average molecular weight is 244 g/mol. The smallest absolute Gasteiger partial charge is 0.171 e. The number of aryl methyl sites for hydroxylation is 1. The summed E-state index contributed by atoms with van der Waals surface area (Å²) in [5.74, 6) is 2.70. The van der Waals surface area contributed by atoms with Gasteiger partial charge < -0.3 is 14.6 Å². The van der Waals surface area contributed by atoms with E-state index in [9.17, 15) is 0 Å². The summed E-state index contributed by atoms with van der Waals surface area (Å²) in [5, 5.41) is 11.6. The van der Waals surface area contributed by atoms with Gasteiger partial charge in [-0.3, -0.25) is 0 Å². The lowest BCUT2D eigenvalue weighted by Gasteiger charge is -2.30. The number of para-hydroxylation sites is 1. The largest absolute Gasteiger partial charge is 0.486 e. The molecule has 0 amide bonds. The number of aromatic nitrogens is 3. The minimum Gasteiger partial charge on any atom is -0.486 e. The van der Waals surface area contributed by atoms with Crippen molar-refractivity contribution in [2.24, 2.45) is 0 Å². The molecule has 94 valence electrons. The molecule has 0 unspecified atom stereocenters. The molecule has 5 nitrogen and oxygen atoms in total. The zero-order chi connectivity index (χ0) is 12.4. The lowest BCUT2D eigenvalue weighted by Crippen LogP contribution is -2.44. The van der Waals surface area contributed by atoms with Crippen LogP contribution in [-0.2, 0) is 6.61 Å². The summed E-state index contributed by atoms with van der Waals surface area (Å²) < 4.78 is 7.89. The van der Waals surface area contributed by atoms with Crippen molar-refractivity contribution in [1.29, 1.82) is 0 Å². The maximum atomic E-state index is 5.72. The van der Waals surface area contributed by atoms with Crippen molar-refractivity contribution in [3.8, 4) is 5.75 Å². The van der Waals surface area contributed by atoms with Crippen LogP contribution in [-0.4, -0.2) is 27.9 Å². The summed E-state index contributed by atoms with van der Waals surface area (Å²) in [6.45, 7) is 4.41. The molecule has 0 radical (unpaired) electrons. The van der Waals surface area contributed by atoms with Crippen LogP contribution in [0.4, 0.5) is 0 Å². The van der Waals surface area contributed by atoms with Gasteiger partial charge in [0.2, 0.25) is 0 Å².